The van der Waals surface area contributed by atoms with Gasteiger partial charge in [-0.25, -0.2) is 4.98 Å². The van der Waals surface area contributed by atoms with Crippen LogP contribution in [0.4, 0.5) is 5.82 Å². The Morgan fingerprint density at radius 2 is 1.82 bits per heavy atom. The Morgan fingerprint density at radius 3 is 2.57 bits per heavy atom. The van der Waals surface area contributed by atoms with Gasteiger partial charge in [0.15, 0.2) is 6.61 Å². The van der Waals surface area contributed by atoms with Crippen LogP contribution in [0.5, 0.6) is 5.75 Å². The number of hydrogen-bond acceptors (Lipinski definition) is 3. The molecule has 0 aliphatic heterocycles. The van der Waals surface area contributed by atoms with Crippen LogP contribution in [0.15, 0.2) is 72.9 Å². The molecule has 0 radical (unpaired) electrons. The first-order valence-corrected chi connectivity index (χ1v) is 9.20. The first kappa shape index (κ1) is 18.1. The topological polar surface area (TPSA) is 55.6 Å². The van der Waals surface area contributed by atoms with Crippen molar-refractivity contribution < 1.29 is 9.53 Å². The monoisotopic (exact) mass is 391 g/mol. The van der Waals surface area contributed by atoms with Gasteiger partial charge in [-0.1, -0.05) is 47.5 Å². The number of ether oxygens (including phenoxy) is 1. The van der Waals surface area contributed by atoms with Crippen molar-refractivity contribution in [1.29, 1.82) is 0 Å². The number of nitrogens with one attached hydrogen (secondary N) is 1. The molecule has 0 bridgehead atoms. The predicted octanol–water partition coefficient (Wildman–Crippen LogP) is 4.98. The molecule has 6 heteroatoms. The van der Waals surface area contributed by atoms with Gasteiger partial charge in [-0.15, -0.1) is 0 Å². The Morgan fingerprint density at radius 1 is 1.07 bits per heavy atom. The van der Waals surface area contributed by atoms with E-state index in [9.17, 15) is 4.79 Å². The van der Waals surface area contributed by atoms with Crippen molar-refractivity contribution in [3.63, 3.8) is 0 Å². The third-order valence-electron chi connectivity index (χ3n) is 4.30. The minimum atomic E-state index is -0.269. The van der Waals surface area contributed by atoms with Gasteiger partial charge in [0.1, 0.15) is 22.9 Å². The van der Waals surface area contributed by atoms with Gasteiger partial charge in [-0.2, -0.15) is 0 Å². The molecule has 28 heavy (non-hydrogen) atoms. The number of hydrogen-bond donors (Lipinski definition) is 1. The van der Waals surface area contributed by atoms with Crippen LogP contribution < -0.4 is 10.1 Å². The van der Waals surface area contributed by atoms with Gasteiger partial charge in [0.25, 0.3) is 5.91 Å². The highest BCUT2D eigenvalue weighted by Gasteiger charge is 2.16. The van der Waals surface area contributed by atoms with Gasteiger partial charge < -0.3 is 10.1 Å². The fourth-order valence-corrected chi connectivity index (χ4v) is 3.00. The van der Waals surface area contributed by atoms with Crippen LogP contribution in [-0.2, 0) is 4.79 Å². The fourth-order valence-electron chi connectivity index (χ4n) is 2.88. The zero-order valence-corrected chi connectivity index (χ0v) is 16.0. The lowest BCUT2D eigenvalue weighted by atomic mass is 10.1. The van der Waals surface area contributed by atoms with E-state index in [1.165, 1.54) is 0 Å². The summed E-state index contributed by atoms with van der Waals surface area (Å²) in [7, 11) is 0. The fraction of sp³-hybridized carbons (Fsp3) is 0.0909. The molecule has 0 saturated heterocycles. The number of pyridine rings is 1. The highest BCUT2D eigenvalue weighted by Crippen LogP contribution is 2.29. The number of halogens is 1. The normalized spacial score (nSPS) is 10.8. The van der Waals surface area contributed by atoms with Crippen LogP contribution in [0.3, 0.4) is 0 Å². The van der Waals surface area contributed by atoms with E-state index >= 15 is 0 Å². The number of benzene rings is 2. The Bertz CT molecular complexity index is 1120. The van der Waals surface area contributed by atoms with Crippen molar-refractivity contribution in [2.45, 2.75) is 6.92 Å². The van der Waals surface area contributed by atoms with Crippen LogP contribution in [-0.4, -0.2) is 21.9 Å². The smallest absolute Gasteiger partial charge is 0.263 e. The summed E-state index contributed by atoms with van der Waals surface area (Å²) in [6.45, 7) is 1.92. The maximum atomic E-state index is 12.5. The van der Waals surface area contributed by atoms with E-state index in [4.69, 9.17) is 16.3 Å². The Balaban J connectivity index is 1.59. The summed E-state index contributed by atoms with van der Waals surface area (Å²) in [5, 5.41) is 3.55. The molecule has 2 aromatic carbocycles. The maximum Gasteiger partial charge on any atom is 0.263 e. The summed E-state index contributed by atoms with van der Waals surface area (Å²) in [4.78, 5) is 17.2. The molecule has 1 amide bonds. The van der Waals surface area contributed by atoms with Crippen molar-refractivity contribution in [2.75, 3.05) is 11.9 Å². The van der Waals surface area contributed by atoms with Gasteiger partial charge >= 0.3 is 0 Å². The molecule has 0 aliphatic rings. The van der Waals surface area contributed by atoms with Crippen molar-refractivity contribution in [3.05, 3.63) is 83.5 Å². The van der Waals surface area contributed by atoms with Gasteiger partial charge in [0.2, 0.25) is 0 Å². The van der Waals surface area contributed by atoms with Crippen LogP contribution in [0, 0.1) is 6.92 Å². The minimum Gasteiger partial charge on any atom is -0.484 e. The molecular weight excluding hydrogens is 374 g/mol. The molecule has 0 fully saturated rings. The Kier molecular flexibility index (Phi) is 5.00. The first-order valence-electron chi connectivity index (χ1n) is 8.82. The molecule has 2 heterocycles. The lowest BCUT2D eigenvalue weighted by Crippen LogP contribution is -2.21. The van der Waals surface area contributed by atoms with E-state index in [1.807, 2.05) is 60.0 Å². The lowest BCUT2D eigenvalue weighted by molar-refractivity contribution is -0.118. The molecule has 2 aromatic heterocycles. The second kappa shape index (κ2) is 7.74. The quantitative estimate of drug-likeness (QED) is 0.522. The van der Waals surface area contributed by atoms with E-state index in [1.54, 1.807) is 24.3 Å². The zero-order valence-electron chi connectivity index (χ0n) is 15.2. The summed E-state index contributed by atoms with van der Waals surface area (Å²) in [5.41, 5.74) is 3.57. The summed E-state index contributed by atoms with van der Waals surface area (Å²) in [6, 6.07) is 20.6. The first-order chi connectivity index (χ1) is 13.6. The van der Waals surface area contributed by atoms with Gasteiger partial charge in [0.05, 0.1) is 0 Å². The standard InChI is InChI=1S/C22H18ClN3O2/c1-15-5-7-16(8-6-15)21-22(26-13-3-2-4-19(26)24-21)25-20(27)14-28-18-11-9-17(23)10-12-18/h2-13H,14H2,1H3,(H,25,27). The Labute approximate surface area is 167 Å². The number of anilines is 1. The Hall–Kier alpha value is -3.31. The van der Waals surface area contributed by atoms with Crippen LogP contribution in [0.1, 0.15) is 5.56 Å². The molecule has 0 aliphatic carbocycles. The van der Waals surface area contributed by atoms with Crippen molar-refractivity contribution in [3.8, 4) is 17.0 Å². The largest absolute Gasteiger partial charge is 0.484 e. The third-order valence-corrected chi connectivity index (χ3v) is 4.55. The molecule has 4 aromatic rings. The molecule has 1 N–H and O–H groups in total. The molecule has 5 nitrogen and oxygen atoms in total. The van der Waals surface area contributed by atoms with Crippen LogP contribution in [0.2, 0.25) is 5.02 Å². The lowest BCUT2D eigenvalue weighted by Gasteiger charge is -2.09. The molecule has 0 unspecified atom stereocenters. The number of fused-ring (bicyclic) bond motifs is 1. The van der Waals surface area contributed by atoms with E-state index < -0.39 is 0 Å². The predicted molar refractivity (Wildman–Crippen MR) is 111 cm³/mol. The van der Waals surface area contributed by atoms with E-state index in [-0.39, 0.29) is 12.5 Å². The third kappa shape index (κ3) is 3.85. The summed E-state index contributed by atoms with van der Waals surface area (Å²) >= 11 is 5.87. The van der Waals surface area contributed by atoms with E-state index in [0.29, 0.717) is 22.3 Å². The molecule has 0 saturated carbocycles. The van der Waals surface area contributed by atoms with Crippen molar-refractivity contribution >= 4 is 29.0 Å². The second-order valence-electron chi connectivity index (χ2n) is 6.39. The number of carbonyl (C=O) groups is 1. The van der Waals surface area contributed by atoms with Crippen LogP contribution in [0.25, 0.3) is 16.9 Å². The zero-order chi connectivity index (χ0) is 19.5. The minimum absolute atomic E-state index is 0.116. The number of aromatic nitrogens is 2. The molecule has 4 rings (SSSR count). The average Bonchev–Trinajstić information content (AvgIpc) is 3.07. The number of aryl methyl sites for hydroxylation is 1. The number of carbonyl (C=O) groups excluding carboxylic acids is 1. The molecule has 140 valence electrons. The molecule has 0 spiro atoms. The summed E-state index contributed by atoms with van der Waals surface area (Å²) < 4.78 is 7.40. The van der Waals surface area contributed by atoms with Crippen LogP contribution >= 0.6 is 11.6 Å². The van der Waals surface area contributed by atoms with Gasteiger partial charge in [0, 0.05) is 16.8 Å². The summed E-state index contributed by atoms with van der Waals surface area (Å²) in [6.07, 6.45) is 1.87. The molecule has 0 atom stereocenters. The molecular formula is C22H18ClN3O2. The van der Waals surface area contributed by atoms with Gasteiger partial charge in [-0.05, 0) is 43.3 Å². The maximum absolute atomic E-state index is 12.5. The van der Waals surface area contributed by atoms with E-state index in [2.05, 4.69) is 10.3 Å². The number of rotatable bonds is 5. The number of imidazole rings is 1. The highest BCUT2D eigenvalue weighted by molar-refractivity contribution is 6.30. The number of nitrogens with zero attached hydrogens (tertiary/aromatic N) is 2. The highest BCUT2D eigenvalue weighted by atomic mass is 35.5. The summed E-state index contributed by atoms with van der Waals surface area (Å²) in [5.74, 6) is 0.926. The average molecular weight is 392 g/mol. The van der Waals surface area contributed by atoms with Crippen molar-refractivity contribution in [2.24, 2.45) is 0 Å². The van der Waals surface area contributed by atoms with Crippen molar-refractivity contribution in [1.82, 2.24) is 9.38 Å². The number of amides is 1. The van der Waals surface area contributed by atoms with E-state index in [0.717, 1.165) is 16.8 Å². The second-order valence-corrected chi connectivity index (χ2v) is 6.83. The SMILES string of the molecule is Cc1ccc(-c2nc3ccccn3c2NC(=O)COc2ccc(Cl)cc2)cc1. The van der Waals surface area contributed by atoms with Gasteiger partial charge in [-0.3, -0.25) is 9.20 Å².